The summed E-state index contributed by atoms with van der Waals surface area (Å²) in [5.74, 6) is 0.581. The summed E-state index contributed by atoms with van der Waals surface area (Å²) in [6.07, 6.45) is 3.38. The maximum absolute atomic E-state index is 12.4. The van der Waals surface area contributed by atoms with Crippen LogP contribution in [-0.2, 0) is 6.18 Å². The molecule has 98 valence electrons. The molecular formula is C14H16F3N. The van der Waals surface area contributed by atoms with E-state index in [2.05, 4.69) is 17.5 Å². The standard InChI is InChI=1S/C14H16F3N/c15-14(16,17)12-6-8-13(9-7-12)18-10-11-4-2-1-3-5-11/h1-2,6-9,11,18H,3-5,10H2. The van der Waals surface area contributed by atoms with Gasteiger partial charge >= 0.3 is 6.18 Å². The van der Waals surface area contributed by atoms with Crippen molar-refractivity contribution in [1.29, 1.82) is 0 Å². The van der Waals surface area contributed by atoms with Gasteiger partial charge in [-0.15, -0.1) is 0 Å². The number of hydrogen-bond donors (Lipinski definition) is 1. The lowest BCUT2D eigenvalue weighted by Crippen LogP contribution is -2.15. The first-order chi connectivity index (χ1) is 8.55. The highest BCUT2D eigenvalue weighted by Crippen LogP contribution is 2.30. The number of anilines is 1. The van der Waals surface area contributed by atoms with Gasteiger partial charge in [0.05, 0.1) is 5.56 Å². The molecule has 1 aromatic rings. The second-order valence-corrected chi connectivity index (χ2v) is 4.61. The molecule has 0 spiro atoms. The van der Waals surface area contributed by atoms with Crippen LogP contribution in [0.15, 0.2) is 36.4 Å². The maximum atomic E-state index is 12.4. The fraction of sp³-hybridized carbons (Fsp3) is 0.429. The molecule has 0 aliphatic heterocycles. The van der Waals surface area contributed by atoms with Gasteiger partial charge in [0.15, 0.2) is 0 Å². The first-order valence-corrected chi connectivity index (χ1v) is 6.12. The molecule has 0 saturated carbocycles. The molecule has 4 heteroatoms. The Hall–Kier alpha value is -1.45. The molecule has 0 amide bonds. The van der Waals surface area contributed by atoms with Crippen molar-refractivity contribution in [3.63, 3.8) is 0 Å². The zero-order valence-electron chi connectivity index (χ0n) is 10.0. The SMILES string of the molecule is FC(F)(F)c1ccc(NCC2CC=CCC2)cc1. The van der Waals surface area contributed by atoms with E-state index >= 15 is 0 Å². The molecule has 1 N–H and O–H groups in total. The summed E-state index contributed by atoms with van der Waals surface area (Å²) in [4.78, 5) is 0. The summed E-state index contributed by atoms with van der Waals surface area (Å²) < 4.78 is 37.1. The molecule has 1 unspecified atom stereocenters. The molecule has 1 atom stereocenters. The van der Waals surface area contributed by atoms with E-state index in [4.69, 9.17) is 0 Å². The smallest absolute Gasteiger partial charge is 0.385 e. The van der Waals surface area contributed by atoms with E-state index in [1.807, 2.05) is 0 Å². The Labute approximate surface area is 105 Å². The highest BCUT2D eigenvalue weighted by atomic mass is 19.4. The van der Waals surface area contributed by atoms with E-state index in [0.29, 0.717) is 5.92 Å². The average Bonchev–Trinajstić information content (AvgIpc) is 2.37. The highest BCUT2D eigenvalue weighted by molar-refractivity contribution is 5.45. The van der Waals surface area contributed by atoms with E-state index in [-0.39, 0.29) is 0 Å². The van der Waals surface area contributed by atoms with E-state index in [0.717, 1.165) is 43.6 Å². The molecule has 18 heavy (non-hydrogen) atoms. The fourth-order valence-electron chi connectivity index (χ4n) is 2.08. The lowest BCUT2D eigenvalue weighted by atomic mass is 9.94. The maximum Gasteiger partial charge on any atom is 0.416 e. The highest BCUT2D eigenvalue weighted by Gasteiger charge is 2.29. The van der Waals surface area contributed by atoms with E-state index in [1.165, 1.54) is 12.1 Å². The minimum atomic E-state index is -4.26. The molecule has 2 rings (SSSR count). The molecule has 0 bridgehead atoms. The summed E-state index contributed by atoms with van der Waals surface area (Å²) in [7, 11) is 0. The molecule has 1 aliphatic rings. The van der Waals surface area contributed by atoms with Crippen LogP contribution in [0.2, 0.25) is 0 Å². The van der Waals surface area contributed by atoms with Gasteiger partial charge in [-0.05, 0) is 49.4 Å². The molecule has 0 aromatic heterocycles. The molecule has 1 aromatic carbocycles. The van der Waals surface area contributed by atoms with Crippen molar-refractivity contribution < 1.29 is 13.2 Å². The number of rotatable bonds is 3. The zero-order chi connectivity index (χ0) is 13.0. The Morgan fingerprint density at radius 2 is 1.83 bits per heavy atom. The van der Waals surface area contributed by atoms with Gasteiger partial charge in [-0.25, -0.2) is 0 Å². The van der Waals surface area contributed by atoms with Crippen LogP contribution in [0.4, 0.5) is 18.9 Å². The second kappa shape index (κ2) is 5.46. The third-order valence-corrected chi connectivity index (χ3v) is 3.18. The summed E-state index contributed by atoms with van der Waals surface area (Å²) in [5.41, 5.74) is 0.145. The number of hydrogen-bond acceptors (Lipinski definition) is 1. The summed E-state index contributed by atoms with van der Waals surface area (Å²) in [6.45, 7) is 0.815. The molecule has 0 saturated heterocycles. The molecule has 1 nitrogen and oxygen atoms in total. The number of allylic oxidation sites excluding steroid dienone is 2. The van der Waals surface area contributed by atoms with Crippen LogP contribution in [-0.4, -0.2) is 6.54 Å². The quantitative estimate of drug-likeness (QED) is 0.785. The second-order valence-electron chi connectivity index (χ2n) is 4.61. The monoisotopic (exact) mass is 255 g/mol. The van der Waals surface area contributed by atoms with Crippen LogP contribution in [0.1, 0.15) is 24.8 Å². The molecule has 0 fully saturated rings. The Bertz CT molecular complexity index is 406. The molecule has 1 aliphatic carbocycles. The van der Waals surface area contributed by atoms with Gasteiger partial charge in [-0.1, -0.05) is 12.2 Å². The Kier molecular flexibility index (Phi) is 3.94. The lowest BCUT2D eigenvalue weighted by Gasteiger charge is -2.19. The minimum absolute atomic E-state index is 0.581. The van der Waals surface area contributed by atoms with E-state index < -0.39 is 11.7 Å². The van der Waals surface area contributed by atoms with Crippen LogP contribution in [0.3, 0.4) is 0 Å². The van der Waals surface area contributed by atoms with Gasteiger partial charge < -0.3 is 5.32 Å². The van der Waals surface area contributed by atoms with Gasteiger partial charge in [-0.2, -0.15) is 13.2 Å². The van der Waals surface area contributed by atoms with Crippen molar-refractivity contribution in [2.75, 3.05) is 11.9 Å². The third kappa shape index (κ3) is 3.52. The van der Waals surface area contributed by atoms with Crippen molar-refractivity contribution >= 4 is 5.69 Å². The largest absolute Gasteiger partial charge is 0.416 e. The van der Waals surface area contributed by atoms with Crippen molar-refractivity contribution in [2.45, 2.75) is 25.4 Å². The molecule has 0 heterocycles. The van der Waals surface area contributed by atoms with Crippen molar-refractivity contribution in [3.8, 4) is 0 Å². The number of benzene rings is 1. The summed E-state index contributed by atoms with van der Waals surface area (Å²) >= 11 is 0. The van der Waals surface area contributed by atoms with E-state index in [1.54, 1.807) is 0 Å². The Morgan fingerprint density at radius 1 is 1.11 bits per heavy atom. The predicted octanol–water partition coefficient (Wildman–Crippen LogP) is 4.47. The van der Waals surface area contributed by atoms with Gasteiger partial charge in [0.25, 0.3) is 0 Å². The normalized spacial score (nSPS) is 19.8. The number of halogens is 3. The lowest BCUT2D eigenvalue weighted by molar-refractivity contribution is -0.137. The Balaban J connectivity index is 1.88. The van der Waals surface area contributed by atoms with Crippen LogP contribution in [0.5, 0.6) is 0 Å². The molecular weight excluding hydrogens is 239 g/mol. The van der Waals surface area contributed by atoms with Crippen molar-refractivity contribution in [3.05, 3.63) is 42.0 Å². The van der Waals surface area contributed by atoms with Crippen LogP contribution in [0, 0.1) is 5.92 Å². The van der Waals surface area contributed by atoms with Crippen molar-refractivity contribution in [2.24, 2.45) is 5.92 Å². The first kappa shape index (κ1) is 13.0. The van der Waals surface area contributed by atoms with E-state index in [9.17, 15) is 13.2 Å². The zero-order valence-corrected chi connectivity index (χ0v) is 10.0. The van der Waals surface area contributed by atoms with Crippen LogP contribution >= 0.6 is 0 Å². The number of nitrogens with one attached hydrogen (secondary N) is 1. The van der Waals surface area contributed by atoms with Crippen molar-refractivity contribution in [1.82, 2.24) is 0 Å². The Morgan fingerprint density at radius 3 is 2.39 bits per heavy atom. The van der Waals surface area contributed by atoms with Crippen LogP contribution < -0.4 is 5.32 Å². The summed E-state index contributed by atoms with van der Waals surface area (Å²) in [5, 5.41) is 3.19. The van der Waals surface area contributed by atoms with Gasteiger partial charge in [0, 0.05) is 12.2 Å². The predicted molar refractivity (Wildman–Crippen MR) is 66.4 cm³/mol. The van der Waals surface area contributed by atoms with Gasteiger partial charge in [0.1, 0.15) is 0 Å². The fourth-order valence-corrected chi connectivity index (χ4v) is 2.08. The van der Waals surface area contributed by atoms with Crippen LogP contribution in [0.25, 0.3) is 0 Å². The number of alkyl halides is 3. The third-order valence-electron chi connectivity index (χ3n) is 3.18. The topological polar surface area (TPSA) is 12.0 Å². The van der Waals surface area contributed by atoms with Gasteiger partial charge in [-0.3, -0.25) is 0 Å². The minimum Gasteiger partial charge on any atom is -0.385 e. The first-order valence-electron chi connectivity index (χ1n) is 6.12. The van der Waals surface area contributed by atoms with Gasteiger partial charge in [0.2, 0.25) is 0 Å². The molecule has 0 radical (unpaired) electrons. The average molecular weight is 255 g/mol. The summed E-state index contributed by atoms with van der Waals surface area (Å²) in [6, 6.07) is 5.20.